The second kappa shape index (κ2) is 5.65. The normalized spacial score (nSPS) is 17.3. The highest BCUT2D eigenvalue weighted by atomic mass is 19.3. The highest BCUT2D eigenvalue weighted by molar-refractivity contribution is 6.00. The van der Waals surface area contributed by atoms with Gasteiger partial charge in [-0.3, -0.25) is 14.0 Å². The molecule has 1 saturated heterocycles. The van der Waals surface area contributed by atoms with E-state index in [1.165, 1.54) is 11.3 Å². The highest BCUT2D eigenvalue weighted by Crippen LogP contribution is 2.30. The molecule has 0 spiro atoms. The molecule has 2 aromatic heterocycles. The Labute approximate surface area is 137 Å². The van der Waals surface area contributed by atoms with Crippen molar-refractivity contribution in [3.8, 4) is 0 Å². The lowest BCUT2D eigenvalue weighted by Gasteiger charge is -2.33. The lowest BCUT2D eigenvalue weighted by atomic mass is 10.1. The largest absolute Gasteiger partial charge is 0.356 e. The van der Waals surface area contributed by atoms with Crippen molar-refractivity contribution >= 4 is 17.2 Å². The molecule has 0 saturated carbocycles. The van der Waals surface area contributed by atoms with Gasteiger partial charge in [0.25, 0.3) is 11.5 Å². The van der Waals surface area contributed by atoms with E-state index >= 15 is 0 Å². The lowest BCUT2D eigenvalue weighted by Crippen LogP contribution is -2.41. The zero-order chi connectivity index (χ0) is 17.6. The van der Waals surface area contributed by atoms with Gasteiger partial charge >= 0.3 is 0 Å². The summed E-state index contributed by atoms with van der Waals surface area (Å²) >= 11 is 0. The number of carbonyl (C=O) groups excluding carboxylic acids is 1. The van der Waals surface area contributed by atoms with Crippen LogP contribution in [0.5, 0.6) is 0 Å². The van der Waals surface area contributed by atoms with Gasteiger partial charge in [0.2, 0.25) is 0 Å². The van der Waals surface area contributed by atoms with Crippen LogP contribution in [0.4, 0.5) is 14.6 Å². The molecule has 3 rings (SSSR count). The Hall–Kier alpha value is -2.31. The number of pyridine rings is 1. The number of fused-ring (bicyclic) bond motifs is 1. The predicted octanol–water partition coefficient (Wildman–Crippen LogP) is 2.75. The Morgan fingerprint density at radius 2 is 1.88 bits per heavy atom. The Balaban J connectivity index is 2.18. The van der Waals surface area contributed by atoms with E-state index in [2.05, 4.69) is 4.98 Å². The molecule has 1 aliphatic heterocycles. The second-order valence-corrected chi connectivity index (χ2v) is 6.39. The van der Waals surface area contributed by atoms with E-state index in [9.17, 15) is 18.4 Å². The van der Waals surface area contributed by atoms with Crippen LogP contribution >= 0.6 is 0 Å². The van der Waals surface area contributed by atoms with E-state index in [4.69, 9.17) is 0 Å². The number of piperidine rings is 1. The van der Waals surface area contributed by atoms with Gasteiger partial charge in [-0.15, -0.1) is 0 Å². The van der Waals surface area contributed by atoms with Gasteiger partial charge < -0.3 is 4.90 Å². The van der Waals surface area contributed by atoms with Gasteiger partial charge in [-0.1, -0.05) is 0 Å². The fourth-order valence-electron chi connectivity index (χ4n) is 3.07. The molecule has 0 aliphatic carbocycles. The number of rotatable bonds is 2. The number of nitrogens with zero attached hydrogens (tertiary/aromatic N) is 3. The first-order chi connectivity index (χ1) is 11.2. The van der Waals surface area contributed by atoms with Crippen molar-refractivity contribution in [1.82, 2.24) is 9.38 Å². The zero-order valence-electron chi connectivity index (χ0n) is 13.9. The molecular formula is C17H19F2N3O2. The smallest absolute Gasteiger partial charge is 0.262 e. The summed E-state index contributed by atoms with van der Waals surface area (Å²) in [6, 6.07) is 1.69. The van der Waals surface area contributed by atoms with Crippen molar-refractivity contribution in [3.05, 3.63) is 39.3 Å². The van der Waals surface area contributed by atoms with Crippen molar-refractivity contribution < 1.29 is 13.6 Å². The summed E-state index contributed by atoms with van der Waals surface area (Å²) in [4.78, 5) is 30.8. The molecule has 0 atom stereocenters. The molecule has 2 aromatic rings. The fourth-order valence-corrected chi connectivity index (χ4v) is 3.07. The first-order valence-electron chi connectivity index (χ1n) is 7.87. The maximum atomic E-state index is 13.4. The molecule has 7 heteroatoms. The van der Waals surface area contributed by atoms with Crippen LogP contribution in [0.15, 0.2) is 17.1 Å². The Bertz CT molecular complexity index is 880. The van der Waals surface area contributed by atoms with Gasteiger partial charge in [0, 0.05) is 32.1 Å². The van der Waals surface area contributed by atoms with Crippen LogP contribution in [-0.4, -0.2) is 34.2 Å². The van der Waals surface area contributed by atoms with Crippen molar-refractivity contribution in [2.24, 2.45) is 0 Å². The van der Waals surface area contributed by atoms with Crippen molar-refractivity contribution in [2.75, 3.05) is 18.0 Å². The fraction of sp³-hybridized carbons (Fsp3) is 0.471. The number of aryl methyl sites for hydroxylation is 1. The summed E-state index contributed by atoms with van der Waals surface area (Å²) < 4.78 is 28.1. The average molecular weight is 335 g/mol. The quantitative estimate of drug-likeness (QED) is 0.792. The van der Waals surface area contributed by atoms with Gasteiger partial charge in [0.1, 0.15) is 5.82 Å². The number of carbonyl (C=O) groups is 1. The topological polar surface area (TPSA) is 54.7 Å². The van der Waals surface area contributed by atoms with E-state index in [1.807, 2.05) is 0 Å². The van der Waals surface area contributed by atoms with Crippen LogP contribution in [0.2, 0.25) is 0 Å². The molecular weight excluding hydrogens is 316 g/mol. The minimum absolute atomic E-state index is 0.137. The van der Waals surface area contributed by atoms with Crippen LogP contribution in [0.3, 0.4) is 0 Å². The molecule has 24 heavy (non-hydrogen) atoms. The average Bonchev–Trinajstić information content (AvgIpc) is 2.51. The van der Waals surface area contributed by atoms with E-state index in [-0.39, 0.29) is 42.9 Å². The molecule has 128 valence electrons. The standard InChI is InChI=1S/C17H19F2N3O2/c1-10-8-13(12(3)23)15-20-14(11(2)16(24)22(15)9-10)21-6-4-17(18,19)5-7-21/h8-9H,4-7H2,1-3H3. The summed E-state index contributed by atoms with van der Waals surface area (Å²) in [5, 5.41) is 0. The van der Waals surface area contributed by atoms with Gasteiger partial charge in [0.15, 0.2) is 11.4 Å². The Morgan fingerprint density at radius 3 is 2.46 bits per heavy atom. The summed E-state index contributed by atoms with van der Waals surface area (Å²) in [6.07, 6.45) is 1.11. The first kappa shape index (κ1) is 16.5. The van der Waals surface area contributed by atoms with Crippen LogP contribution in [0, 0.1) is 13.8 Å². The number of alkyl halides is 2. The number of hydrogen-bond donors (Lipinski definition) is 0. The summed E-state index contributed by atoms with van der Waals surface area (Å²) in [5.41, 5.74) is 1.53. The van der Waals surface area contributed by atoms with E-state index in [0.29, 0.717) is 16.9 Å². The summed E-state index contributed by atoms with van der Waals surface area (Å²) in [7, 11) is 0. The minimum atomic E-state index is -2.67. The van der Waals surface area contributed by atoms with E-state index in [1.54, 1.807) is 31.0 Å². The number of halogens is 2. The van der Waals surface area contributed by atoms with Gasteiger partial charge in [-0.25, -0.2) is 13.8 Å². The lowest BCUT2D eigenvalue weighted by molar-refractivity contribution is -0.0221. The second-order valence-electron chi connectivity index (χ2n) is 6.39. The number of aromatic nitrogens is 2. The SMILES string of the molecule is CC(=O)c1cc(C)cn2c(=O)c(C)c(N3CCC(F)(F)CC3)nc12. The molecule has 0 radical (unpaired) electrons. The van der Waals surface area contributed by atoms with Crippen LogP contribution in [-0.2, 0) is 0 Å². The third-order valence-electron chi connectivity index (χ3n) is 4.43. The van der Waals surface area contributed by atoms with E-state index < -0.39 is 5.92 Å². The predicted molar refractivity (Wildman–Crippen MR) is 87.3 cm³/mol. The molecule has 0 unspecified atom stereocenters. The molecule has 3 heterocycles. The van der Waals surface area contributed by atoms with Gasteiger partial charge in [-0.05, 0) is 32.4 Å². The van der Waals surface area contributed by atoms with Crippen molar-refractivity contribution in [1.29, 1.82) is 0 Å². The van der Waals surface area contributed by atoms with Crippen LogP contribution < -0.4 is 10.5 Å². The maximum absolute atomic E-state index is 13.4. The maximum Gasteiger partial charge on any atom is 0.262 e. The molecule has 0 aromatic carbocycles. The molecule has 0 N–H and O–H groups in total. The van der Waals surface area contributed by atoms with Crippen molar-refractivity contribution in [3.63, 3.8) is 0 Å². The monoisotopic (exact) mass is 335 g/mol. The summed E-state index contributed by atoms with van der Waals surface area (Å²) in [5.74, 6) is -2.47. The molecule has 0 amide bonds. The molecule has 1 aliphatic rings. The molecule has 5 nitrogen and oxygen atoms in total. The minimum Gasteiger partial charge on any atom is -0.356 e. The Kier molecular flexibility index (Phi) is 3.89. The Morgan fingerprint density at radius 1 is 1.25 bits per heavy atom. The van der Waals surface area contributed by atoms with Crippen molar-refractivity contribution in [2.45, 2.75) is 39.5 Å². The van der Waals surface area contributed by atoms with Gasteiger partial charge in [0.05, 0.1) is 11.1 Å². The number of hydrogen-bond acceptors (Lipinski definition) is 4. The third kappa shape index (κ3) is 2.79. The van der Waals surface area contributed by atoms with Crippen LogP contribution in [0.25, 0.3) is 5.65 Å². The van der Waals surface area contributed by atoms with E-state index in [0.717, 1.165) is 5.56 Å². The third-order valence-corrected chi connectivity index (χ3v) is 4.43. The zero-order valence-corrected chi connectivity index (χ0v) is 13.9. The van der Waals surface area contributed by atoms with Crippen LogP contribution in [0.1, 0.15) is 41.3 Å². The summed E-state index contributed by atoms with van der Waals surface area (Å²) in [6.45, 7) is 5.13. The molecule has 0 bridgehead atoms. The molecule has 1 fully saturated rings. The highest BCUT2D eigenvalue weighted by Gasteiger charge is 2.35. The number of ketones is 1. The van der Waals surface area contributed by atoms with Gasteiger partial charge in [-0.2, -0.15) is 0 Å². The first-order valence-corrected chi connectivity index (χ1v) is 7.87. The number of anilines is 1. The number of Topliss-reactive ketones (excluding diaryl/α,β-unsaturated/α-hetero) is 1.